The highest BCUT2D eigenvalue weighted by Crippen LogP contribution is 2.11. The van der Waals surface area contributed by atoms with E-state index >= 15 is 0 Å². The van der Waals surface area contributed by atoms with E-state index in [9.17, 15) is 4.79 Å². The van der Waals surface area contributed by atoms with E-state index in [2.05, 4.69) is 6.58 Å². The summed E-state index contributed by atoms with van der Waals surface area (Å²) in [7, 11) is 0. The molecule has 3 nitrogen and oxygen atoms in total. The first-order chi connectivity index (χ1) is 7.70. The van der Waals surface area contributed by atoms with Crippen LogP contribution < -0.4 is 0 Å². The number of ether oxygens (including phenoxy) is 1. The highest BCUT2D eigenvalue weighted by Gasteiger charge is 2.06. The predicted molar refractivity (Wildman–Crippen MR) is 65.2 cm³/mol. The normalized spacial score (nSPS) is 12.1. The van der Waals surface area contributed by atoms with E-state index in [-0.39, 0.29) is 12.1 Å². The van der Waals surface area contributed by atoms with Crippen LogP contribution in [0.4, 0.5) is 0 Å². The van der Waals surface area contributed by atoms with Gasteiger partial charge in [-0.2, -0.15) is 0 Å². The van der Waals surface area contributed by atoms with Crippen LogP contribution >= 0.6 is 0 Å². The Balaban J connectivity index is 3.34. The van der Waals surface area contributed by atoms with Gasteiger partial charge >= 0.3 is 5.97 Å². The zero-order chi connectivity index (χ0) is 12.2. The lowest BCUT2D eigenvalue weighted by molar-refractivity contribution is -0.144. The van der Waals surface area contributed by atoms with Gasteiger partial charge in [-0.1, -0.05) is 38.3 Å². The van der Waals surface area contributed by atoms with Crippen LogP contribution in [0.2, 0.25) is 0 Å². The van der Waals surface area contributed by atoms with E-state index in [0.29, 0.717) is 6.61 Å². The van der Waals surface area contributed by atoms with E-state index in [4.69, 9.17) is 9.84 Å². The Hall–Kier alpha value is -0.830. The minimum atomic E-state index is -0.243. The number of hydrogen-bond donors (Lipinski definition) is 1. The summed E-state index contributed by atoms with van der Waals surface area (Å²) < 4.78 is 5.05. The molecule has 1 atom stereocenters. The number of rotatable bonds is 10. The molecule has 1 N–H and O–H groups in total. The number of unbranched alkanes of at least 4 members (excludes halogenated alkanes) is 5. The molecule has 0 aliphatic heterocycles. The molecule has 94 valence electrons. The van der Waals surface area contributed by atoms with Crippen molar-refractivity contribution in [1.82, 2.24) is 0 Å². The van der Waals surface area contributed by atoms with Crippen molar-refractivity contribution in [2.45, 2.75) is 58.0 Å². The maximum atomic E-state index is 10.7. The van der Waals surface area contributed by atoms with Crippen LogP contribution in [-0.2, 0) is 9.53 Å². The topological polar surface area (TPSA) is 46.5 Å². The summed E-state index contributed by atoms with van der Waals surface area (Å²) in [6.45, 7) is 5.37. The molecule has 16 heavy (non-hydrogen) atoms. The lowest BCUT2D eigenvalue weighted by Gasteiger charge is -2.12. The Bertz CT molecular complexity index is 190. The van der Waals surface area contributed by atoms with Crippen LogP contribution in [0.15, 0.2) is 12.7 Å². The number of aliphatic hydroxyl groups is 1. The van der Waals surface area contributed by atoms with Gasteiger partial charge in [-0.3, -0.25) is 4.79 Å². The van der Waals surface area contributed by atoms with Gasteiger partial charge in [0.25, 0.3) is 0 Å². The minimum Gasteiger partial charge on any atom is -0.458 e. The SMILES string of the molecule is C=C[C@H](CCCCCCCCO)OC(C)=O. The molecule has 0 fully saturated rings. The summed E-state index contributed by atoms with van der Waals surface area (Å²) in [5.41, 5.74) is 0. The van der Waals surface area contributed by atoms with Crippen LogP contribution in [0.5, 0.6) is 0 Å². The van der Waals surface area contributed by atoms with Gasteiger partial charge in [0, 0.05) is 13.5 Å². The molecule has 0 aliphatic carbocycles. The van der Waals surface area contributed by atoms with Crippen molar-refractivity contribution in [1.29, 1.82) is 0 Å². The van der Waals surface area contributed by atoms with Gasteiger partial charge in [0.2, 0.25) is 0 Å². The van der Waals surface area contributed by atoms with E-state index < -0.39 is 0 Å². The molecule has 0 saturated carbocycles. The van der Waals surface area contributed by atoms with Crippen molar-refractivity contribution in [3.63, 3.8) is 0 Å². The lowest BCUT2D eigenvalue weighted by atomic mass is 10.1. The highest BCUT2D eigenvalue weighted by atomic mass is 16.5. The molecule has 0 aromatic rings. The summed E-state index contributed by atoms with van der Waals surface area (Å²) in [5, 5.41) is 8.60. The van der Waals surface area contributed by atoms with Crippen LogP contribution in [-0.4, -0.2) is 23.8 Å². The predicted octanol–water partition coefficient (Wildman–Crippen LogP) is 2.83. The Morgan fingerprint density at radius 1 is 1.25 bits per heavy atom. The molecule has 0 amide bonds. The van der Waals surface area contributed by atoms with Crippen LogP contribution in [0, 0.1) is 0 Å². The minimum absolute atomic E-state index is 0.130. The fourth-order valence-corrected chi connectivity index (χ4v) is 1.60. The summed E-state index contributed by atoms with van der Waals surface area (Å²) in [6.07, 6.45) is 9.00. The molecule has 0 rings (SSSR count). The van der Waals surface area contributed by atoms with Crippen LogP contribution in [0.3, 0.4) is 0 Å². The van der Waals surface area contributed by atoms with Gasteiger partial charge in [0.15, 0.2) is 0 Å². The van der Waals surface area contributed by atoms with Crippen molar-refractivity contribution in [2.75, 3.05) is 6.61 Å². The van der Waals surface area contributed by atoms with Gasteiger partial charge in [-0.05, 0) is 19.3 Å². The van der Waals surface area contributed by atoms with Gasteiger partial charge in [0.1, 0.15) is 6.10 Å². The number of hydrogen-bond acceptors (Lipinski definition) is 3. The van der Waals surface area contributed by atoms with Crippen LogP contribution in [0.1, 0.15) is 51.9 Å². The Kier molecular flexibility index (Phi) is 10.1. The van der Waals surface area contributed by atoms with E-state index in [0.717, 1.165) is 32.1 Å². The third-order valence-corrected chi connectivity index (χ3v) is 2.48. The van der Waals surface area contributed by atoms with Crippen molar-refractivity contribution in [2.24, 2.45) is 0 Å². The third kappa shape index (κ3) is 9.71. The van der Waals surface area contributed by atoms with E-state index in [1.54, 1.807) is 6.08 Å². The largest absolute Gasteiger partial charge is 0.458 e. The number of carbonyl (C=O) groups is 1. The smallest absolute Gasteiger partial charge is 0.303 e. The molecule has 0 bridgehead atoms. The molecule has 0 heterocycles. The first-order valence-electron chi connectivity index (χ1n) is 6.11. The molecule has 0 unspecified atom stereocenters. The molecule has 3 heteroatoms. The number of aliphatic hydroxyl groups excluding tert-OH is 1. The Morgan fingerprint density at radius 2 is 1.81 bits per heavy atom. The van der Waals surface area contributed by atoms with Gasteiger partial charge < -0.3 is 9.84 Å². The first-order valence-corrected chi connectivity index (χ1v) is 6.11. The van der Waals surface area contributed by atoms with Crippen molar-refractivity contribution >= 4 is 5.97 Å². The van der Waals surface area contributed by atoms with E-state index in [1.807, 2.05) is 0 Å². The maximum Gasteiger partial charge on any atom is 0.303 e. The lowest BCUT2D eigenvalue weighted by Crippen LogP contribution is -2.13. The van der Waals surface area contributed by atoms with Crippen molar-refractivity contribution in [3.8, 4) is 0 Å². The quantitative estimate of drug-likeness (QED) is 0.355. The molecular weight excluding hydrogens is 204 g/mol. The van der Waals surface area contributed by atoms with Crippen molar-refractivity contribution < 1.29 is 14.6 Å². The molecule has 0 saturated heterocycles. The first kappa shape index (κ1) is 15.2. The fraction of sp³-hybridized carbons (Fsp3) is 0.769. The molecule has 0 aliphatic rings. The second-order valence-electron chi connectivity index (χ2n) is 4.02. The monoisotopic (exact) mass is 228 g/mol. The number of esters is 1. The fourth-order valence-electron chi connectivity index (χ4n) is 1.60. The molecule has 0 radical (unpaired) electrons. The zero-order valence-corrected chi connectivity index (χ0v) is 10.3. The standard InChI is InChI=1S/C13H24O3/c1-3-13(16-12(2)15)10-8-6-4-5-7-9-11-14/h3,13-14H,1,4-11H2,2H3/t13-/m1/s1. The zero-order valence-electron chi connectivity index (χ0n) is 10.3. The molecule has 0 spiro atoms. The van der Waals surface area contributed by atoms with Gasteiger partial charge in [-0.25, -0.2) is 0 Å². The summed E-state index contributed by atoms with van der Waals surface area (Å²) in [5.74, 6) is -0.243. The van der Waals surface area contributed by atoms with Crippen molar-refractivity contribution in [3.05, 3.63) is 12.7 Å². The summed E-state index contributed by atoms with van der Waals surface area (Å²) >= 11 is 0. The Morgan fingerprint density at radius 3 is 2.31 bits per heavy atom. The second kappa shape index (κ2) is 10.7. The summed E-state index contributed by atoms with van der Waals surface area (Å²) in [4.78, 5) is 10.7. The Labute approximate surface area is 98.5 Å². The second-order valence-corrected chi connectivity index (χ2v) is 4.02. The number of carbonyl (C=O) groups excluding carboxylic acids is 1. The van der Waals surface area contributed by atoms with Gasteiger partial charge in [-0.15, -0.1) is 0 Å². The molecule has 0 aromatic heterocycles. The third-order valence-electron chi connectivity index (χ3n) is 2.48. The van der Waals surface area contributed by atoms with E-state index in [1.165, 1.54) is 19.8 Å². The molecule has 0 aromatic carbocycles. The van der Waals surface area contributed by atoms with Gasteiger partial charge in [0.05, 0.1) is 0 Å². The summed E-state index contributed by atoms with van der Waals surface area (Å²) in [6, 6.07) is 0. The average Bonchev–Trinajstić information content (AvgIpc) is 2.25. The average molecular weight is 228 g/mol. The maximum absolute atomic E-state index is 10.7. The van der Waals surface area contributed by atoms with Crippen LogP contribution in [0.25, 0.3) is 0 Å². The highest BCUT2D eigenvalue weighted by molar-refractivity contribution is 5.66. The molecular formula is C13H24O3.